The minimum atomic E-state index is -1.09. The van der Waals surface area contributed by atoms with Crippen molar-refractivity contribution in [2.45, 2.75) is 38.1 Å². The van der Waals surface area contributed by atoms with E-state index in [0.717, 1.165) is 27.8 Å². The quantitative estimate of drug-likeness (QED) is 0.383. The fraction of sp³-hybridized carbons (Fsp3) is 0.250. The molecule has 4 atom stereocenters. The SMILES string of the molecule is C[C@H]1O[C@@H](n2cc(-c3ccccc3)c3c(Nc4cccc(CO)c4)ncnc32)[C@H](O)[C@@H]1O. The van der Waals surface area contributed by atoms with Crippen molar-refractivity contribution in [3.05, 3.63) is 72.7 Å². The summed E-state index contributed by atoms with van der Waals surface area (Å²) in [5, 5.41) is 34.4. The highest BCUT2D eigenvalue weighted by atomic mass is 16.6. The van der Waals surface area contributed by atoms with Crippen LogP contribution < -0.4 is 5.32 Å². The summed E-state index contributed by atoms with van der Waals surface area (Å²) in [6, 6.07) is 17.3. The van der Waals surface area contributed by atoms with Crippen LogP contribution in [0.2, 0.25) is 0 Å². The lowest BCUT2D eigenvalue weighted by molar-refractivity contribution is -0.0295. The van der Waals surface area contributed by atoms with E-state index in [2.05, 4.69) is 15.3 Å². The second-order valence-electron chi connectivity index (χ2n) is 7.93. The molecule has 0 bridgehead atoms. The van der Waals surface area contributed by atoms with E-state index in [1.165, 1.54) is 6.33 Å². The number of aliphatic hydroxyl groups excluding tert-OH is 3. The van der Waals surface area contributed by atoms with Crippen LogP contribution in [0.5, 0.6) is 0 Å². The molecule has 0 unspecified atom stereocenters. The molecule has 8 nitrogen and oxygen atoms in total. The third-order valence-electron chi connectivity index (χ3n) is 5.82. The summed E-state index contributed by atoms with van der Waals surface area (Å²) >= 11 is 0. The first-order valence-electron chi connectivity index (χ1n) is 10.5. The Hall–Kier alpha value is -3.30. The lowest BCUT2D eigenvalue weighted by atomic mass is 10.1. The largest absolute Gasteiger partial charge is 0.392 e. The van der Waals surface area contributed by atoms with Crippen LogP contribution in [-0.2, 0) is 11.3 Å². The number of fused-ring (bicyclic) bond motifs is 1. The van der Waals surface area contributed by atoms with Crippen LogP contribution in [0.1, 0.15) is 18.7 Å². The van der Waals surface area contributed by atoms with E-state index in [9.17, 15) is 15.3 Å². The molecule has 0 spiro atoms. The number of hydrogen-bond donors (Lipinski definition) is 4. The minimum Gasteiger partial charge on any atom is -0.392 e. The number of aliphatic hydroxyl groups is 3. The smallest absolute Gasteiger partial charge is 0.164 e. The van der Waals surface area contributed by atoms with Gasteiger partial charge in [-0.3, -0.25) is 0 Å². The number of rotatable bonds is 5. The van der Waals surface area contributed by atoms with Gasteiger partial charge in [-0.15, -0.1) is 0 Å². The highest BCUT2D eigenvalue weighted by molar-refractivity contribution is 6.02. The van der Waals surface area contributed by atoms with Gasteiger partial charge in [0, 0.05) is 17.4 Å². The van der Waals surface area contributed by atoms with Gasteiger partial charge in [0.15, 0.2) is 6.23 Å². The molecule has 0 saturated carbocycles. The molecule has 2 aromatic carbocycles. The van der Waals surface area contributed by atoms with Crippen molar-refractivity contribution in [2.75, 3.05) is 5.32 Å². The minimum absolute atomic E-state index is 0.0578. The zero-order chi connectivity index (χ0) is 22.2. The molecule has 0 radical (unpaired) electrons. The number of hydrogen-bond acceptors (Lipinski definition) is 7. The van der Waals surface area contributed by atoms with Crippen molar-refractivity contribution in [2.24, 2.45) is 0 Å². The fourth-order valence-corrected chi connectivity index (χ4v) is 4.15. The van der Waals surface area contributed by atoms with Gasteiger partial charge in [-0.1, -0.05) is 42.5 Å². The molecule has 0 amide bonds. The Morgan fingerprint density at radius 1 is 1.03 bits per heavy atom. The number of benzene rings is 2. The summed E-state index contributed by atoms with van der Waals surface area (Å²) in [6.45, 7) is 1.67. The Morgan fingerprint density at radius 3 is 2.56 bits per heavy atom. The van der Waals surface area contributed by atoms with Crippen LogP contribution in [-0.4, -0.2) is 48.2 Å². The third-order valence-corrected chi connectivity index (χ3v) is 5.82. The second kappa shape index (κ2) is 8.33. The summed E-state index contributed by atoms with van der Waals surface area (Å²) in [7, 11) is 0. The molecule has 1 aliphatic rings. The van der Waals surface area contributed by atoms with Gasteiger partial charge in [-0.25, -0.2) is 9.97 Å². The van der Waals surface area contributed by atoms with Gasteiger partial charge in [-0.2, -0.15) is 0 Å². The van der Waals surface area contributed by atoms with E-state index in [-0.39, 0.29) is 6.61 Å². The van der Waals surface area contributed by atoms with E-state index < -0.39 is 24.5 Å². The Morgan fingerprint density at radius 2 is 1.84 bits per heavy atom. The molecule has 1 aliphatic heterocycles. The van der Waals surface area contributed by atoms with Crippen molar-refractivity contribution in [3.8, 4) is 11.1 Å². The summed E-state index contributed by atoms with van der Waals surface area (Å²) < 4.78 is 7.63. The second-order valence-corrected chi connectivity index (χ2v) is 7.93. The standard InChI is InChI=1S/C24H24N4O4/c1-14-20(30)21(31)24(32-14)28-11-18(16-7-3-2-4-8-16)19-22(25-13-26-23(19)28)27-17-9-5-6-15(10-17)12-29/h2-11,13-14,20-21,24,29-31H,12H2,1H3,(H,25,26,27)/t14-,20-,21-,24-/m1/s1. The summed E-state index contributed by atoms with van der Waals surface area (Å²) in [6.07, 6.45) is -0.0285. The summed E-state index contributed by atoms with van der Waals surface area (Å²) in [4.78, 5) is 8.97. The molecular weight excluding hydrogens is 408 g/mol. The lowest BCUT2D eigenvalue weighted by Gasteiger charge is -2.17. The molecule has 1 saturated heterocycles. The van der Waals surface area contributed by atoms with Gasteiger partial charge >= 0.3 is 0 Å². The molecule has 4 N–H and O–H groups in total. The van der Waals surface area contributed by atoms with Gasteiger partial charge in [0.2, 0.25) is 0 Å². The Bertz CT molecular complexity index is 1240. The molecule has 3 heterocycles. The van der Waals surface area contributed by atoms with Crippen LogP contribution in [0.3, 0.4) is 0 Å². The van der Waals surface area contributed by atoms with Gasteiger partial charge in [0.25, 0.3) is 0 Å². The van der Waals surface area contributed by atoms with Crippen LogP contribution in [0.25, 0.3) is 22.2 Å². The fourth-order valence-electron chi connectivity index (χ4n) is 4.15. The predicted molar refractivity (Wildman–Crippen MR) is 120 cm³/mol. The molecule has 32 heavy (non-hydrogen) atoms. The van der Waals surface area contributed by atoms with Crippen molar-refractivity contribution in [1.82, 2.24) is 14.5 Å². The van der Waals surface area contributed by atoms with Crippen LogP contribution >= 0.6 is 0 Å². The predicted octanol–water partition coefficient (Wildman–Crippen LogP) is 2.97. The van der Waals surface area contributed by atoms with Gasteiger partial charge in [0.1, 0.15) is 30.0 Å². The Labute approximate surface area is 184 Å². The zero-order valence-electron chi connectivity index (χ0n) is 17.5. The van der Waals surface area contributed by atoms with Crippen molar-refractivity contribution in [3.63, 3.8) is 0 Å². The average molecular weight is 432 g/mol. The van der Waals surface area contributed by atoms with Gasteiger partial charge < -0.3 is 29.9 Å². The lowest BCUT2D eigenvalue weighted by Crippen LogP contribution is -2.30. The Kier molecular flexibility index (Phi) is 5.36. The number of ether oxygens (including phenoxy) is 1. The number of aromatic nitrogens is 3. The maximum Gasteiger partial charge on any atom is 0.164 e. The molecule has 5 rings (SSSR count). The van der Waals surface area contributed by atoms with Crippen LogP contribution in [0.4, 0.5) is 11.5 Å². The van der Waals surface area contributed by atoms with Gasteiger partial charge in [-0.05, 0) is 30.2 Å². The first-order valence-corrected chi connectivity index (χ1v) is 10.5. The highest BCUT2D eigenvalue weighted by Crippen LogP contribution is 2.39. The normalized spacial score (nSPS) is 23.0. The molecule has 0 aliphatic carbocycles. The summed E-state index contributed by atoms with van der Waals surface area (Å²) in [5.74, 6) is 0.587. The van der Waals surface area contributed by atoms with Crippen LogP contribution in [0.15, 0.2) is 67.1 Å². The summed E-state index contributed by atoms with van der Waals surface area (Å²) in [5.41, 5.74) is 3.97. The zero-order valence-corrected chi connectivity index (χ0v) is 17.5. The highest BCUT2D eigenvalue weighted by Gasteiger charge is 2.42. The third kappa shape index (κ3) is 3.53. The van der Waals surface area contributed by atoms with Crippen molar-refractivity contribution < 1.29 is 20.1 Å². The molecule has 2 aromatic heterocycles. The molecule has 8 heteroatoms. The molecule has 164 valence electrons. The first-order chi connectivity index (χ1) is 15.6. The molecule has 4 aromatic rings. The van der Waals surface area contributed by atoms with Crippen molar-refractivity contribution in [1.29, 1.82) is 0 Å². The van der Waals surface area contributed by atoms with E-state index in [1.807, 2.05) is 60.8 Å². The number of nitrogens with one attached hydrogen (secondary N) is 1. The molecule has 1 fully saturated rings. The van der Waals surface area contributed by atoms with Crippen molar-refractivity contribution >= 4 is 22.5 Å². The topological polar surface area (TPSA) is 113 Å². The molecular formula is C24H24N4O4. The number of nitrogens with zero attached hydrogens (tertiary/aromatic N) is 3. The average Bonchev–Trinajstić information content (AvgIpc) is 3.33. The van der Waals surface area contributed by atoms with Gasteiger partial charge in [0.05, 0.1) is 18.1 Å². The van der Waals surface area contributed by atoms with E-state index in [1.54, 1.807) is 11.5 Å². The van der Waals surface area contributed by atoms with E-state index in [4.69, 9.17) is 4.74 Å². The maximum atomic E-state index is 10.6. The van der Waals surface area contributed by atoms with Crippen LogP contribution in [0, 0.1) is 0 Å². The first kappa shape index (κ1) is 20.6. The number of anilines is 2. The monoisotopic (exact) mass is 432 g/mol. The maximum absolute atomic E-state index is 10.6. The van der Waals surface area contributed by atoms with E-state index in [0.29, 0.717) is 11.5 Å². The van der Waals surface area contributed by atoms with E-state index >= 15 is 0 Å². The Balaban J connectivity index is 1.68.